The molecule has 21 heavy (non-hydrogen) atoms. The lowest BCUT2D eigenvalue weighted by atomic mass is 10.2. The largest absolute Gasteiger partial charge is 0.380 e. The van der Waals surface area contributed by atoms with E-state index in [4.69, 9.17) is 0 Å². The maximum Gasteiger partial charge on any atom is 0.315 e. The summed E-state index contributed by atoms with van der Waals surface area (Å²) in [5, 5.41) is 17.5. The van der Waals surface area contributed by atoms with Gasteiger partial charge in [0.15, 0.2) is 0 Å². The van der Waals surface area contributed by atoms with Crippen molar-refractivity contribution in [3.8, 4) is 0 Å². The first-order valence-corrected chi connectivity index (χ1v) is 7.85. The molecule has 0 amide bonds. The number of halogens is 2. The molecule has 110 valence electrons. The lowest BCUT2D eigenvalue weighted by Gasteiger charge is -2.13. The third kappa shape index (κ3) is 3.54. The monoisotopic (exact) mass is 413 g/mol. The second kappa shape index (κ2) is 6.91. The second-order valence-electron chi connectivity index (χ2n) is 4.21. The highest BCUT2D eigenvalue weighted by Gasteiger charge is 2.20. The second-order valence-corrected chi connectivity index (χ2v) is 5.92. The maximum atomic E-state index is 11.4. The van der Waals surface area contributed by atoms with Gasteiger partial charge in [-0.05, 0) is 63.0 Å². The Labute approximate surface area is 139 Å². The fourth-order valence-electron chi connectivity index (χ4n) is 1.93. The summed E-state index contributed by atoms with van der Waals surface area (Å²) in [5.41, 5.74) is 1.71. The van der Waals surface area contributed by atoms with Crippen molar-refractivity contribution in [2.75, 3.05) is 17.2 Å². The third-order valence-electron chi connectivity index (χ3n) is 2.81. The predicted molar refractivity (Wildman–Crippen MR) is 92.4 cm³/mol. The van der Waals surface area contributed by atoms with Gasteiger partial charge >= 0.3 is 5.69 Å². The van der Waals surface area contributed by atoms with Crippen molar-refractivity contribution in [2.45, 2.75) is 6.92 Å². The first kappa shape index (κ1) is 15.8. The van der Waals surface area contributed by atoms with Crippen molar-refractivity contribution < 1.29 is 4.92 Å². The number of hydrogen-bond donors (Lipinski definition) is 2. The molecule has 0 aliphatic rings. The van der Waals surface area contributed by atoms with Gasteiger partial charge in [0.05, 0.1) is 10.6 Å². The summed E-state index contributed by atoms with van der Waals surface area (Å²) in [7, 11) is 0. The zero-order chi connectivity index (χ0) is 15.4. The van der Waals surface area contributed by atoms with Crippen molar-refractivity contribution in [2.24, 2.45) is 0 Å². The minimum absolute atomic E-state index is 0.0296. The molecule has 2 N–H and O–H groups in total. The van der Waals surface area contributed by atoms with Crippen LogP contribution in [0.2, 0.25) is 0 Å². The molecule has 2 aromatic carbocycles. The molecule has 0 saturated carbocycles. The summed E-state index contributed by atoms with van der Waals surface area (Å²) < 4.78 is 1.64. The van der Waals surface area contributed by atoms with Gasteiger partial charge < -0.3 is 10.6 Å². The predicted octanol–water partition coefficient (Wildman–Crippen LogP) is 5.30. The molecule has 0 fully saturated rings. The van der Waals surface area contributed by atoms with Gasteiger partial charge in [-0.2, -0.15) is 0 Å². The minimum atomic E-state index is -0.384. The molecular formula is C14H13Br2N3O2. The van der Waals surface area contributed by atoms with Crippen molar-refractivity contribution in [3.63, 3.8) is 0 Å². The highest BCUT2D eigenvalue weighted by molar-refractivity contribution is 9.11. The molecule has 7 heteroatoms. The smallest absolute Gasteiger partial charge is 0.315 e. The van der Waals surface area contributed by atoms with Gasteiger partial charge in [-0.1, -0.05) is 12.1 Å². The number of nitrogens with zero attached hydrogens (tertiary/aromatic N) is 1. The zero-order valence-electron chi connectivity index (χ0n) is 11.2. The molecule has 0 unspecified atom stereocenters. The fourth-order valence-corrected chi connectivity index (χ4v) is 3.12. The van der Waals surface area contributed by atoms with Gasteiger partial charge in [-0.3, -0.25) is 10.1 Å². The average molecular weight is 415 g/mol. The van der Waals surface area contributed by atoms with E-state index < -0.39 is 0 Å². The summed E-state index contributed by atoms with van der Waals surface area (Å²) in [4.78, 5) is 11.0. The van der Waals surface area contributed by atoms with Crippen LogP contribution < -0.4 is 10.6 Å². The van der Waals surface area contributed by atoms with E-state index in [1.165, 1.54) is 0 Å². The maximum absolute atomic E-state index is 11.4. The number of para-hydroxylation sites is 2. The Hall–Kier alpha value is -1.60. The molecule has 0 heterocycles. The lowest BCUT2D eigenvalue weighted by molar-refractivity contribution is -0.383. The molecule has 2 rings (SSSR count). The lowest BCUT2D eigenvalue weighted by Crippen LogP contribution is -2.04. The Balaban J connectivity index is 2.49. The van der Waals surface area contributed by atoms with Crippen LogP contribution in [0.25, 0.3) is 0 Å². The van der Waals surface area contributed by atoms with E-state index in [2.05, 4.69) is 42.5 Å². The Morgan fingerprint density at radius 3 is 2.24 bits per heavy atom. The normalized spacial score (nSPS) is 10.2. The number of nitrogens with one attached hydrogen (secondary N) is 2. The number of nitro benzene ring substituents is 1. The van der Waals surface area contributed by atoms with Gasteiger partial charge in [0.25, 0.3) is 0 Å². The molecule has 0 atom stereocenters. The van der Waals surface area contributed by atoms with Gasteiger partial charge in [0.1, 0.15) is 11.4 Å². The molecule has 0 saturated heterocycles. The fraction of sp³-hybridized carbons (Fsp3) is 0.143. The summed E-state index contributed by atoms with van der Waals surface area (Å²) in [6.45, 7) is 2.51. The highest BCUT2D eigenvalue weighted by atomic mass is 79.9. The Morgan fingerprint density at radius 2 is 1.67 bits per heavy atom. The Kier molecular flexibility index (Phi) is 5.19. The van der Waals surface area contributed by atoms with E-state index in [0.29, 0.717) is 17.9 Å². The van der Waals surface area contributed by atoms with Crippen molar-refractivity contribution in [1.82, 2.24) is 0 Å². The van der Waals surface area contributed by atoms with E-state index in [1.54, 1.807) is 18.2 Å². The topological polar surface area (TPSA) is 67.2 Å². The van der Waals surface area contributed by atoms with Gasteiger partial charge in [0, 0.05) is 15.5 Å². The number of benzene rings is 2. The van der Waals surface area contributed by atoms with Crippen molar-refractivity contribution in [3.05, 3.63) is 55.5 Å². The van der Waals surface area contributed by atoms with Crippen molar-refractivity contribution >= 4 is 54.6 Å². The number of anilines is 3. The minimum Gasteiger partial charge on any atom is -0.380 e. The number of rotatable bonds is 5. The van der Waals surface area contributed by atoms with E-state index in [1.807, 2.05) is 25.1 Å². The molecule has 0 bridgehead atoms. The van der Waals surface area contributed by atoms with Crippen LogP contribution in [0.3, 0.4) is 0 Å². The van der Waals surface area contributed by atoms with E-state index >= 15 is 0 Å². The van der Waals surface area contributed by atoms with Gasteiger partial charge in [-0.15, -0.1) is 0 Å². The van der Waals surface area contributed by atoms with E-state index in [9.17, 15) is 10.1 Å². The molecule has 0 aromatic heterocycles. The molecule has 5 nitrogen and oxygen atoms in total. The highest BCUT2D eigenvalue weighted by Crippen LogP contribution is 2.39. The molecule has 0 aliphatic heterocycles. The Morgan fingerprint density at radius 1 is 1.10 bits per heavy atom. The van der Waals surface area contributed by atoms with Crippen LogP contribution in [-0.4, -0.2) is 11.5 Å². The number of nitro groups is 1. The number of hydrogen-bond acceptors (Lipinski definition) is 4. The van der Waals surface area contributed by atoms with Crippen LogP contribution in [0, 0.1) is 10.1 Å². The van der Waals surface area contributed by atoms with Crippen LogP contribution in [0.5, 0.6) is 0 Å². The van der Waals surface area contributed by atoms with Gasteiger partial charge in [0.2, 0.25) is 0 Å². The first-order valence-electron chi connectivity index (χ1n) is 6.27. The molecule has 0 radical (unpaired) electrons. The SMILES string of the molecule is CCNc1cccc(Nc2c(Br)cccc2Br)c1[N+](=O)[O-]. The standard InChI is InChI=1S/C14H13Br2N3O2/c1-2-17-11-7-4-8-12(14(11)19(20)21)18-13-9(15)5-3-6-10(13)16/h3-8,17-18H,2H2,1H3. The summed E-state index contributed by atoms with van der Waals surface area (Å²) in [6, 6.07) is 10.8. The zero-order valence-corrected chi connectivity index (χ0v) is 14.4. The van der Waals surface area contributed by atoms with Crippen LogP contribution in [0.4, 0.5) is 22.7 Å². The third-order valence-corrected chi connectivity index (χ3v) is 4.13. The van der Waals surface area contributed by atoms with E-state index in [0.717, 1.165) is 14.6 Å². The van der Waals surface area contributed by atoms with Crippen LogP contribution >= 0.6 is 31.9 Å². The van der Waals surface area contributed by atoms with Crippen LogP contribution in [0.1, 0.15) is 6.92 Å². The van der Waals surface area contributed by atoms with Gasteiger partial charge in [-0.25, -0.2) is 0 Å². The first-order chi connectivity index (χ1) is 10.0. The van der Waals surface area contributed by atoms with Crippen LogP contribution in [0.15, 0.2) is 45.3 Å². The van der Waals surface area contributed by atoms with E-state index in [-0.39, 0.29) is 10.6 Å². The van der Waals surface area contributed by atoms with Crippen LogP contribution in [-0.2, 0) is 0 Å². The molecule has 0 aliphatic carbocycles. The molecule has 2 aromatic rings. The molecule has 0 spiro atoms. The molecular weight excluding hydrogens is 402 g/mol. The average Bonchev–Trinajstić information content (AvgIpc) is 2.43. The summed E-state index contributed by atoms with van der Waals surface area (Å²) >= 11 is 6.87. The summed E-state index contributed by atoms with van der Waals surface area (Å²) in [5.74, 6) is 0. The summed E-state index contributed by atoms with van der Waals surface area (Å²) in [6.07, 6.45) is 0. The van der Waals surface area contributed by atoms with Crippen molar-refractivity contribution in [1.29, 1.82) is 0 Å². The quantitative estimate of drug-likeness (QED) is 0.514. The Bertz CT molecular complexity index is 657.